The Balaban J connectivity index is 1.87. The monoisotopic (exact) mass is 496 g/mol. The number of aldehydes is 1. The molecule has 35 heavy (non-hydrogen) atoms. The first-order valence-corrected chi connectivity index (χ1v) is 12.2. The van der Waals surface area contributed by atoms with Gasteiger partial charge < -0.3 is 15.4 Å². The van der Waals surface area contributed by atoms with Gasteiger partial charge in [-0.05, 0) is 49.4 Å². The summed E-state index contributed by atoms with van der Waals surface area (Å²) < 4.78 is 33.4. The van der Waals surface area contributed by atoms with Crippen LogP contribution in [0.25, 0.3) is 0 Å². The van der Waals surface area contributed by atoms with E-state index in [0.29, 0.717) is 34.6 Å². The summed E-state index contributed by atoms with van der Waals surface area (Å²) in [7, 11) is 0.570. The first kappa shape index (κ1) is 25.7. The zero-order valence-corrected chi connectivity index (χ0v) is 20.7. The second-order valence-corrected chi connectivity index (χ2v) is 9.67. The normalized spacial score (nSPS) is 11.9. The van der Waals surface area contributed by atoms with E-state index >= 15 is 0 Å². The Bertz CT molecular complexity index is 1310. The molecule has 1 atom stereocenters. The number of hydrogen-bond acceptors (Lipinski definition) is 6. The number of methoxy groups -OCH3 is 1. The molecular weight excluding hydrogens is 468 g/mol. The minimum atomic E-state index is -3.96. The number of anilines is 4. The average molecular weight is 497 g/mol. The maximum atomic E-state index is 13.5. The van der Waals surface area contributed by atoms with Crippen LogP contribution in [0.3, 0.4) is 0 Å². The van der Waals surface area contributed by atoms with Crippen LogP contribution in [0.5, 0.6) is 0 Å². The molecule has 0 fully saturated rings. The van der Waals surface area contributed by atoms with Gasteiger partial charge in [0.2, 0.25) is 0 Å². The molecular formula is C25H28N4O5S. The van der Waals surface area contributed by atoms with Crippen molar-refractivity contribution >= 4 is 45.1 Å². The number of para-hydroxylation sites is 3. The molecule has 3 aromatic rings. The smallest absolute Gasteiger partial charge is 0.326 e. The molecule has 0 heterocycles. The van der Waals surface area contributed by atoms with Crippen molar-refractivity contribution in [2.75, 3.05) is 41.0 Å². The van der Waals surface area contributed by atoms with E-state index in [1.807, 2.05) is 6.92 Å². The quantitative estimate of drug-likeness (QED) is 0.336. The Morgan fingerprint density at radius 2 is 1.63 bits per heavy atom. The van der Waals surface area contributed by atoms with Crippen LogP contribution in [-0.4, -0.2) is 48.2 Å². The van der Waals surface area contributed by atoms with E-state index in [0.717, 1.165) is 0 Å². The largest absolute Gasteiger partial charge is 0.362 e. The maximum absolute atomic E-state index is 13.5. The Morgan fingerprint density at radius 1 is 0.971 bits per heavy atom. The van der Waals surface area contributed by atoms with Crippen LogP contribution >= 0.6 is 0 Å². The Hall–Kier alpha value is -3.89. The highest BCUT2D eigenvalue weighted by atomic mass is 32.2. The van der Waals surface area contributed by atoms with Gasteiger partial charge in [0.05, 0.1) is 22.0 Å². The van der Waals surface area contributed by atoms with E-state index in [2.05, 4.69) is 10.6 Å². The predicted octanol–water partition coefficient (Wildman–Crippen LogP) is 4.40. The fourth-order valence-corrected chi connectivity index (χ4v) is 4.57. The van der Waals surface area contributed by atoms with Gasteiger partial charge in [-0.1, -0.05) is 30.3 Å². The van der Waals surface area contributed by atoms with E-state index in [9.17, 15) is 18.0 Å². The molecule has 0 aliphatic rings. The van der Waals surface area contributed by atoms with Crippen LogP contribution < -0.4 is 19.8 Å². The molecule has 1 unspecified atom stereocenters. The minimum Gasteiger partial charge on any atom is -0.362 e. The summed E-state index contributed by atoms with van der Waals surface area (Å²) in [6.45, 7) is 1.81. The zero-order chi connectivity index (χ0) is 25.6. The number of urea groups is 1. The van der Waals surface area contributed by atoms with Crippen molar-refractivity contribution in [2.24, 2.45) is 0 Å². The first-order valence-electron chi connectivity index (χ1n) is 10.7. The Kier molecular flexibility index (Phi) is 8.10. The summed E-state index contributed by atoms with van der Waals surface area (Å²) in [5, 5.41) is 5.80. The van der Waals surface area contributed by atoms with Crippen LogP contribution in [0.1, 0.15) is 17.3 Å². The van der Waals surface area contributed by atoms with Crippen molar-refractivity contribution in [3.8, 4) is 0 Å². The van der Waals surface area contributed by atoms with Crippen molar-refractivity contribution in [3.63, 3.8) is 0 Å². The second-order valence-electron chi connectivity index (χ2n) is 7.70. The van der Waals surface area contributed by atoms with Crippen LogP contribution in [0.15, 0.2) is 77.7 Å². The van der Waals surface area contributed by atoms with Gasteiger partial charge in [-0.25, -0.2) is 13.2 Å². The van der Waals surface area contributed by atoms with Crippen LogP contribution in [-0.2, 0) is 14.8 Å². The highest BCUT2D eigenvalue weighted by Crippen LogP contribution is 2.31. The minimum absolute atomic E-state index is 0.0139. The predicted molar refractivity (Wildman–Crippen MR) is 138 cm³/mol. The zero-order valence-electron chi connectivity index (χ0n) is 19.9. The van der Waals surface area contributed by atoms with E-state index in [4.69, 9.17) is 4.74 Å². The van der Waals surface area contributed by atoms with E-state index in [-0.39, 0.29) is 11.1 Å². The van der Waals surface area contributed by atoms with Crippen LogP contribution in [0.2, 0.25) is 0 Å². The number of hydrogen-bond donors (Lipinski definition) is 2. The molecule has 9 nitrogen and oxygen atoms in total. The van der Waals surface area contributed by atoms with Gasteiger partial charge in [-0.2, -0.15) is 0 Å². The lowest BCUT2D eigenvalue weighted by molar-refractivity contribution is 0.112. The summed E-state index contributed by atoms with van der Waals surface area (Å²) in [5.74, 6) is 0. The number of nitrogens with one attached hydrogen (secondary N) is 2. The fraction of sp³-hybridized carbons (Fsp3) is 0.200. The number of sulfonamides is 1. The summed E-state index contributed by atoms with van der Waals surface area (Å²) >= 11 is 0. The highest BCUT2D eigenvalue weighted by Gasteiger charge is 2.25. The van der Waals surface area contributed by atoms with Crippen LogP contribution in [0.4, 0.5) is 27.5 Å². The van der Waals surface area contributed by atoms with Gasteiger partial charge in [-0.15, -0.1) is 0 Å². The van der Waals surface area contributed by atoms with Gasteiger partial charge in [0.1, 0.15) is 6.23 Å². The number of rotatable bonds is 9. The SMILES string of the molecule is COC(C)Nc1ccccc1N(C)S(=O)(=O)c1cccc(N(C)C(=O)Nc2ccccc2C=O)c1. The third kappa shape index (κ3) is 5.79. The van der Waals surface area contributed by atoms with E-state index in [1.54, 1.807) is 67.8 Å². The molecule has 0 radical (unpaired) electrons. The Labute approximate surface area is 205 Å². The topological polar surface area (TPSA) is 108 Å². The molecule has 0 saturated heterocycles. The number of carbonyl (C=O) groups is 2. The average Bonchev–Trinajstić information content (AvgIpc) is 2.88. The number of ether oxygens (including phenoxy) is 1. The lowest BCUT2D eigenvalue weighted by Gasteiger charge is -2.25. The first-order chi connectivity index (χ1) is 16.7. The van der Waals surface area contributed by atoms with E-state index < -0.39 is 16.1 Å². The summed E-state index contributed by atoms with van der Waals surface area (Å²) in [6, 6.07) is 19.2. The Morgan fingerprint density at radius 3 is 2.31 bits per heavy atom. The van der Waals surface area contributed by atoms with Gasteiger partial charge in [0, 0.05) is 32.5 Å². The van der Waals surface area contributed by atoms with Crippen molar-refractivity contribution in [2.45, 2.75) is 18.0 Å². The van der Waals surface area contributed by atoms with Crippen molar-refractivity contribution in [1.29, 1.82) is 0 Å². The van der Waals surface area contributed by atoms with Crippen molar-refractivity contribution in [3.05, 3.63) is 78.4 Å². The summed E-state index contributed by atoms with van der Waals surface area (Å²) in [5.41, 5.74) is 2.09. The molecule has 0 bridgehead atoms. The molecule has 0 aliphatic heterocycles. The number of benzene rings is 3. The van der Waals surface area contributed by atoms with Gasteiger partial charge in [-0.3, -0.25) is 14.0 Å². The molecule has 0 aliphatic carbocycles. The lowest BCUT2D eigenvalue weighted by atomic mass is 10.2. The molecule has 0 saturated carbocycles. The molecule has 184 valence electrons. The molecule has 10 heteroatoms. The van der Waals surface area contributed by atoms with Gasteiger partial charge in [0.25, 0.3) is 10.0 Å². The molecule has 3 aromatic carbocycles. The lowest BCUT2D eigenvalue weighted by Crippen LogP contribution is -2.32. The fourth-order valence-electron chi connectivity index (χ4n) is 3.32. The highest BCUT2D eigenvalue weighted by molar-refractivity contribution is 7.92. The number of amides is 2. The van der Waals surface area contributed by atoms with Crippen molar-refractivity contribution in [1.82, 2.24) is 0 Å². The summed E-state index contributed by atoms with van der Waals surface area (Å²) in [6.07, 6.45) is 0.325. The second kappa shape index (κ2) is 11.0. The molecule has 2 N–H and O–H groups in total. The number of carbonyl (C=O) groups excluding carboxylic acids is 2. The number of nitrogens with zero attached hydrogens (tertiary/aromatic N) is 2. The van der Waals surface area contributed by atoms with Gasteiger partial charge in [0.15, 0.2) is 6.29 Å². The molecule has 2 amide bonds. The molecule has 0 spiro atoms. The standard InChI is InChI=1S/C25H28N4O5S/c1-18(34-4)26-23-14-7-8-15-24(23)29(3)35(32,33)21-12-9-11-20(16-21)28(2)25(31)27-22-13-6-5-10-19(22)17-30/h5-18,26H,1-4H3,(H,27,31). The van der Waals surface area contributed by atoms with Crippen molar-refractivity contribution < 1.29 is 22.7 Å². The maximum Gasteiger partial charge on any atom is 0.326 e. The van der Waals surface area contributed by atoms with Gasteiger partial charge >= 0.3 is 6.03 Å². The third-order valence-electron chi connectivity index (χ3n) is 5.45. The summed E-state index contributed by atoms with van der Waals surface area (Å²) in [4.78, 5) is 25.3. The van der Waals surface area contributed by atoms with E-state index in [1.165, 1.54) is 35.4 Å². The van der Waals surface area contributed by atoms with Crippen LogP contribution in [0, 0.1) is 0 Å². The molecule has 0 aromatic heterocycles. The molecule has 3 rings (SSSR count). The third-order valence-corrected chi connectivity index (χ3v) is 7.22.